The molecule has 164 valence electrons. The number of hydrogen-bond donors (Lipinski definition) is 1. The van der Waals surface area contributed by atoms with Crippen LogP contribution < -0.4 is 5.32 Å². The molecule has 1 N–H and O–H groups in total. The van der Waals surface area contributed by atoms with Crippen LogP contribution in [0.5, 0.6) is 0 Å². The Morgan fingerprint density at radius 1 is 1.03 bits per heavy atom. The van der Waals surface area contributed by atoms with E-state index in [0.29, 0.717) is 18.3 Å². The van der Waals surface area contributed by atoms with Gasteiger partial charge in [0.1, 0.15) is 0 Å². The molecule has 4 aromatic rings. The fourth-order valence-corrected chi connectivity index (χ4v) is 4.48. The molecule has 0 aliphatic rings. The number of methoxy groups -OCH3 is 1. The molecular formula is C25H26N4O2S. The van der Waals surface area contributed by atoms with Crippen molar-refractivity contribution >= 4 is 28.4 Å². The van der Waals surface area contributed by atoms with Crippen molar-refractivity contribution in [1.82, 2.24) is 20.1 Å². The largest absolute Gasteiger partial charge is 0.383 e. The highest BCUT2D eigenvalue weighted by Crippen LogP contribution is 2.26. The standard InChI is InChI=1S/C25H26N4O2S/c1-18(21-14-8-12-19-9-6-7-13-22(19)21)26-23(30)17-32-25-28-27-24(29(25)15-16-31-2)20-10-4-3-5-11-20/h3-14,18H,15-17H2,1-2H3,(H,26,30). The van der Waals surface area contributed by atoms with Crippen molar-refractivity contribution in [3.63, 3.8) is 0 Å². The maximum Gasteiger partial charge on any atom is 0.230 e. The number of nitrogens with zero attached hydrogens (tertiary/aromatic N) is 3. The summed E-state index contributed by atoms with van der Waals surface area (Å²) in [5.74, 6) is 0.988. The third-order valence-electron chi connectivity index (χ3n) is 5.27. The van der Waals surface area contributed by atoms with Crippen LogP contribution in [0.2, 0.25) is 0 Å². The van der Waals surface area contributed by atoms with Gasteiger partial charge < -0.3 is 10.1 Å². The summed E-state index contributed by atoms with van der Waals surface area (Å²) < 4.78 is 7.26. The van der Waals surface area contributed by atoms with Gasteiger partial charge in [0.15, 0.2) is 11.0 Å². The van der Waals surface area contributed by atoms with Gasteiger partial charge in [-0.3, -0.25) is 9.36 Å². The molecule has 0 aliphatic heterocycles. The topological polar surface area (TPSA) is 69.0 Å². The third-order valence-corrected chi connectivity index (χ3v) is 6.23. The Balaban J connectivity index is 1.45. The first-order valence-electron chi connectivity index (χ1n) is 10.5. The molecule has 3 aromatic carbocycles. The summed E-state index contributed by atoms with van der Waals surface area (Å²) >= 11 is 1.38. The molecule has 0 bridgehead atoms. The zero-order valence-corrected chi connectivity index (χ0v) is 19.0. The number of thioether (sulfide) groups is 1. The van der Waals surface area contributed by atoms with Crippen LogP contribution in [-0.4, -0.2) is 40.1 Å². The maximum atomic E-state index is 12.7. The van der Waals surface area contributed by atoms with Gasteiger partial charge in [0.2, 0.25) is 5.91 Å². The van der Waals surface area contributed by atoms with E-state index in [0.717, 1.165) is 22.3 Å². The predicted octanol–water partition coefficient (Wildman–Crippen LogP) is 4.71. The maximum absolute atomic E-state index is 12.7. The Labute approximate surface area is 192 Å². The lowest BCUT2D eigenvalue weighted by Crippen LogP contribution is -2.28. The van der Waals surface area contributed by atoms with E-state index in [1.807, 2.05) is 60.0 Å². The van der Waals surface area contributed by atoms with Gasteiger partial charge in [-0.15, -0.1) is 10.2 Å². The fraction of sp³-hybridized carbons (Fsp3) is 0.240. The second kappa shape index (κ2) is 10.4. The summed E-state index contributed by atoms with van der Waals surface area (Å²) in [6.07, 6.45) is 0. The van der Waals surface area contributed by atoms with Gasteiger partial charge in [-0.1, -0.05) is 84.6 Å². The first-order chi connectivity index (χ1) is 15.7. The lowest BCUT2D eigenvalue weighted by atomic mass is 10.00. The van der Waals surface area contributed by atoms with E-state index in [4.69, 9.17) is 4.74 Å². The van der Waals surface area contributed by atoms with Gasteiger partial charge >= 0.3 is 0 Å². The number of ether oxygens (including phenoxy) is 1. The van der Waals surface area contributed by atoms with Crippen LogP contribution >= 0.6 is 11.8 Å². The molecule has 1 unspecified atom stereocenters. The molecule has 1 amide bonds. The van der Waals surface area contributed by atoms with Crippen molar-refractivity contribution in [2.45, 2.75) is 24.7 Å². The average molecular weight is 447 g/mol. The van der Waals surface area contributed by atoms with E-state index in [1.54, 1.807) is 7.11 Å². The van der Waals surface area contributed by atoms with Crippen LogP contribution in [0.25, 0.3) is 22.2 Å². The minimum atomic E-state index is -0.0968. The van der Waals surface area contributed by atoms with Crippen molar-refractivity contribution in [2.24, 2.45) is 0 Å². The molecule has 0 aliphatic carbocycles. The lowest BCUT2D eigenvalue weighted by Gasteiger charge is -2.16. The average Bonchev–Trinajstić information content (AvgIpc) is 3.24. The molecule has 0 radical (unpaired) electrons. The molecule has 1 atom stereocenters. The quantitative estimate of drug-likeness (QED) is 0.377. The zero-order valence-electron chi connectivity index (χ0n) is 18.2. The lowest BCUT2D eigenvalue weighted by molar-refractivity contribution is -0.119. The second-order valence-corrected chi connectivity index (χ2v) is 8.41. The van der Waals surface area contributed by atoms with Gasteiger partial charge in [-0.05, 0) is 23.3 Å². The minimum absolute atomic E-state index is 0.0435. The van der Waals surface area contributed by atoms with Gasteiger partial charge in [-0.2, -0.15) is 0 Å². The monoisotopic (exact) mass is 446 g/mol. The number of benzene rings is 3. The number of carbonyl (C=O) groups is 1. The van der Waals surface area contributed by atoms with Crippen molar-refractivity contribution in [1.29, 1.82) is 0 Å². The zero-order chi connectivity index (χ0) is 22.3. The van der Waals surface area contributed by atoms with Gasteiger partial charge in [0, 0.05) is 12.7 Å². The van der Waals surface area contributed by atoms with Crippen molar-refractivity contribution in [2.75, 3.05) is 19.5 Å². The fourth-order valence-electron chi connectivity index (χ4n) is 3.70. The van der Waals surface area contributed by atoms with Crippen LogP contribution in [0.3, 0.4) is 0 Å². The van der Waals surface area contributed by atoms with Crippen LogP contribution in [0, 0.1) is 0 Å². The molecule has 0 saturated heterocycles. The van der Waals surface area contributed by atoms with E-state index in [2.05, 4.69) is 39.8 Å². The summed E-state index contributed by atoms with van der Waals surface area (Å²) in [4.78, 5) is 12.7. The predicted molar refractivity (Wildman–Crippen MR) is 129 cm³/mol. The number of hydrogen-bond acceptors (Lipinski definition) is 5. The Hall–Kier alpha value is -3.16. The molecule has 6 nitrogen and oxygen atoms in total. The van der Waals surface area contributed by atoms with Crippen molar-refractivity contribution < 1.29 is 9.53 Å². The summed E-state index contributed by atoms with van der Waals surface area (Å²) in [5, 5.41) is 14.8. The van der Waals surface area contributed by atoms with Gasteiger partial charge in [0.25, 0.3) is 0 Å². The SMILES string of the molecule is COCCn1c(SCC(=O)NC(C)c2cccc3ccccc23)nnc1-c1ccccc1. The molecule has 4 rings (SSSR count). The van der Waals surface area contributed by atoms with E-state index in [1.165, 1.54) is 17.1 Å². The van der Waals surface area contributed by atoms with Crippen LogP contribution in [0.1, 0.15) is 18.5 Å². The van der Waals surface area contributed by atoms with Gasteiger partial charge in [0.05, 0.1) is 24.9 Å². The first-order valence-corrected chi connectivity index (χ1v) is 11.5. The number of amides is 1. The molecule has 32 heavy (non-hydrogen) atoms. The summed E-state index contributed by atoms with van der Waals surface area (Å²) in [6.45, 7) is 3.17. The van der Waals surface area contributed by atoms with Crippen LogP contribution in [0.15, 0.2) is 78.0 Å². The van der Waals surface area contributed by atoms with E-state index in [-0.39, 0.29) is 17.7 Å². The van der Waals surface area contributed by atoms with E-state index < -0.39 is 0 Å². The summed E-state index contributed by atoms with van der Waals surface area (Å²) in [5.41, 5.74) is 2.09. The number of carbonyl (C=O) groups excluding carboxylic acids is 1. The van der Waals surface area contributed by atoms with Crippen LogP contribution in [0.4, 0.5) is 0 Å². The minimum Gasteiger partial charge on any atom is -0.383 e. The number of fused-ring (bicyclic) bond motifs is 1. The normalized spacial score (nSPS) is 12.1. The molecule has 0 fully saturated rings. The Morgan fingerprint density at radius 2 is 1.78 bits per heavy atom. The van der Waals surface area contributed by atoms with Gasteiger partial charge in [-0.25, -0.2) is 0 Å². The smallest absolute Gasteiger partial charge is 0.230 e. The first kappa shape index (κ1) is 22.0. The molecule has 0 saturated carbocycles. The molecule has 0 spiro atoms. The van der Waals surface area contributed by atoms with E-state index in [9.17, 15) is 4.79 Å². The van der Waals surface area contributed by atoms with Crippen LogP contribution in [-0.2, 0) is 16.1 Å². The number of rotatable bonds is 9. The summed E-state index contributed by atoms with van der Waals surface area (Å²) in [7, 11) is 1.67. The third kappa shape index (κ3) is 5.00. The molecule has 7 heteroatoms. The molecule has 1 heterocycles. The molecule has 1 aromatic heterocycles. The summed E-state index contributed by atoms with van der Waals surface area (Å²) in [6, 6.07) is 24.2. The number of nitrogens with one attached hydrogen (secondary N) is 1. The highest BCUT2D eigenvalue weighted by molar-refractivity contribution is 7.99. The Morgan fingerprint density at radius 3 is 2.59 bits per heavy atom. The van der Waals surface area contributed by atoms with E-state index >= 15 is 0 Å². The highest BCUT2D eigenvalue weighted by atomic mass is 32.2. The Bertz CT molecular complexity index is 1190. The van der Waals surface area contributed by atoms with Crippen molar-refractivity contribution in [3.05, 3.63) is 78.4 Å². The number of aromatic nitrogens is 3. The molecular weight excluding hydrogens is 420 g/mol. The highest BCUT2D eigenvalue weighted by Gasteiger charge is 2.17. The van der Waals surface area contributed by atoms with Crippen molar-refractivity contribution in [3.8, 4) is 11.4 Å². The Kier molecular flexibility index (Phi) is 7.19. The second-order valence-electron chi connectivity index (χ2n) is 7.46.